The molecule has 0 aliphatic rings. The van der Waals surface area contributed by atoms with E-state index in [1.807, 2.05) is 6.07 Å². The van der Waals surface area contributed by atoms with E-state index >= 15 is 0 Å². The van der Waals surface area contributed by atoms with E-state index in [9.17, 15) is 8.78 Å². The number of hydrogen-bond acceptors (Lipinski definition) is 4. The lowest BCUT2D eigenvalue weighted by Crippen LogP contribution is -2.02. The highest BCUT2D eigenvalue weighted by molar-refractivity contribution is 5.59. The molecule has 0 saturated heterocycles. The zero-order valence-electron chi connectivity index (χ0n) is 11.2. The van der Waals surface area contributed by atoms with Crippen LogP contribution in [0.4, 0.5) is 14.5 Å². The number of methoxy groups -OCH3 is 1. The molecule has 0 fully saturated rings. The zero-order valence-corrected chi connectivity index (χ0v) is 11.2. The Kier molecular flexibility index (Phi) is 4.24. The number of hydrogen-bond donors (Lipinski definition) is 2. The third kappa shape index (κ3) is 3.20. The van der Waals surface area contributed by atoms with Gasteiger partial charge in [0.25, 0.3) is 0 Å². The monoisotopic (exact) mass is 290 g/mol. The Balaban J connectivity index is 2.19. The molecule has 0 aliphatic carbocycles. The lowest BCUT2D eigenvalue weighted by molar-refractivity contribution is 0.395. The highest BCUT2D eigenvalue weighted by Crippen LogP contribution is 2.27. The molecule has 0 spiro atoms. The van der Waals surface area contributed by atoms with Crippen LogP contribution in [0.1, 0.15) is 11.1 Å². The Labute approximate surface area is 120 Å². The normalized spacial score (nSPS) is 10.0. The fraction of sp³-hybridized carbons (Fsp3) is 0.133. The molecule has 2 aromatic carbocycles. The van der Waals surface area contributed by atoms with Crippen LogP contribution in [0.15, 0.2) is 30.3 Å². The minimum Gasteiger partial charge on any atom is -0.503 e. The van der Waals surface area contributed by atoms with E-state index in [-0.39, 0.29) is 6.54 Å². The standard InChI is InChI=1S/C15H12F2N2O2/c1-21-14-6-9(7-18)2-3-13(14)19-8-10-4-11(16)15(20)12(17)5-10/h2-6,19-20H,8H2,1H3. The van der Waals surface area contributed by atoms with Gasteiger partial charge in [0.1, 0.15) is 5.75 Å². The Bertz CT molecular complexity index is 688. The van der Waals surface area contributed by atoms with Gasteiger partial charge in [0.2, 0.25) is 0 Å². The maximum Gasteiger partial charge on any atom is 0.187 e. The second-order valence-electron chi connectivity index (χ2n) is 4.29. The van der Waals surface area contributed by atoms with Crippen molar-refractivity contribution in [2.45, 2.75) is 6.54 Å². The molecule has 0 aliphatic heterocycles. The van der Waals surface area contributed by atoms with Crippen LogP contribution in [0.3, 0.4) is 0 Å². The summed E-state index contributed by atoms with van der Waals surface area (Å²) in [6.45, 7) is 0.135. The van der Waals surface area contributed by atoms with Crippen molar-refractivity contribution in [1.29, 1.82) is 5.26 Å². The SMILES string of the molecule is COc1cc(C#N)ccc1NCc1cc(F)c(O)c(F)c1. The number of aromatic hydroxyl groups is 1. The molecule has 2 rings (SSSR count). The van der Waals surface area contributed by atoms with Gasteiger partial charge >= 0.3 is 0 Å². The van der Waals surface area contributed by atoms with E-state index in [0.29, 0.717) is 22.6 Å². The molecule has 0 saturated carbocycles. The van der Waals surface area contributed by atoms with Gasteiger partial charge in [0, 0.05) is 12.6 Å². The number of halogens is 2. The van der Waals surface area contributed by atoms with Crippen molar-refractivity contribution in [2.24, 2.45) is 0 Å². The quantitative estimate of drug-likeness (QED) is 0.907. The Hall–Kier alpha value is -2.81. The van der Waals surface area contributed by atoms with Crippen LogP contribution in [0.25, 0.3) is 0 Å². The maximum atomic E-state index is 13.2. The van der Waals surface area contributed by atoms with Gasteiger partial charge in [-0.2, -0.15) is 5.26 Å². The van der Waals surface area contributed by atoms with E-state index < -0.39 is 17.4 Å². The molecule has 0 radical (unpaired) electrons. The maximum absolute atomic E-state index is 13.2. The molecular formula is C15H12F2N2O2. The lowest BCUT2D eigenvalue weighted by atomic mass is 10.1. The molecule has 0 amide bonds. The second kappa shape index (κ2) is 6.09. The van der Waals surface area contributed by atoms with Gasteiger partial charge in [0.05, 0.1) is 24.4 Å². The van der Waals surface area contributed by atoms with Crippen molar-refractivity contribution in [3.8, 4) is 17.6 Å². The molecular weight excluding hydrogens is 278 g/mol. The van der Waals surface area contributed by atoms with Crippen LogP contribution in [0.2, 0.25) is 0 Å². The van der Waals surface area contributed by atoms with Crippen LogP contribution >= 0.6 is 0 Å². The van der Waals surface area contributed by atoms with Crippen molar-refractivity contribution >= 4 is 5.69 Å². The third-order valence-corrected chi connectivity index (χ3v) is 2.89. The zero-order chi connectivity index (χ0) is 15.4. The molecule has 2 aromatic rings. The molecule has 6 heteroatoms. The highest BCUT2D eigenvalue weighted by atomic mass is 19.1. The number of nitrogens with zero attached hydrogens (tertiary/aromatic N) is 1. The van der Waals surface area contributed by atoms with E-state index in [1.165, 1.54) is 7.11 Å². The van der Waals surface area contributed by atoms with Gasteiger partial charge in [-0.3, -0.25) is 0 Å². The van der Waals surface area contributed by atoms with E-state index in [1.54, 1.807) is 18.2 Å². The molecule has 0 atom stereocenters. The van der Waals surface area contributed by atoms with Crippen LogP contribution in [0.5, 0.6) is 11.5 Å². The molecule has 0 unspecified atom stereocenters. The van der Waals surface area contributed by atoms with Crippen LogP contribution in [-0.4, -0.2) is 12.2 Å². The predicted molar refractivity (Wildman–Crippen MR) is 73.1 cm³/mol. The number of anilines is 1. The van der Waals surface area contributed by atoms with Gasteiger partial charge in [-0.1, -0.05) is 0 Å². The number of ether oxygens (including phenoxy) is 1. The Morgan fingerprint density at radius 2 is 1.90 bits per heavy atom. The number of nitriles is 1. The second-order valence-corrected chi connectivity index (χ2v) is 4.29. The first-order valence-electron chi connectivity index (χ1n) is 6.04. The summed E-state index contributed by atoms with van der Waals surface area (Å²) in [4.78, 5) is 0. The van der Waals surface area contributed by atoms with Gasteiger partial charge in [-0.05, 0) is 29.8 Å². The molecule has 2 N–H and O–H groups in total. The fourth-order valence-electron chi connectivity index (χ4n) is 1.82. The summed E-state index contributed by atoms with van der Waals surface area (Å²) in [7, 11) is 1.46. The molecule has 4 nitrogen and oxygen atoms in total. The average molecular weight is 290 g/mol. The molecule has 0 heterocycles. The summed E-state index contributed by atoms with van der Waals surface area (Å²) in [5, 5.41) is 20.8. The number of rotatable bonds is 4. The molecule has 0 bridgehead atoms. The minimum atomic E-state index is -1.02. The minimum absolute atomic E-state index is 0.135. The largest absolute Gasteiger partial charge is 0.503 e. The molecule has 0 aromatic heterocycles. The Morgan fingerprint density at radius 1 is 1.24 bits per heavy atom. The van der Waals surface area contributed by atoms with Crippen LogP contribution < -0.4 is 10.1 Å². The number of phenols is 1. The summed E-state index contributed by atoms with van der Waals surface area (Å²) >= 11 is 0. The predicted octanol–water partition coefficient (Wildman–Crippen LogP) is 3.16. The summed E-state index contributed by atoms with van der Waals surface area (Å²) in [6, 6.07) is 8.87. The van der Waals surface area contributed by atoms with Crippen molar-refractivity contribution in [3.05, 3.63) is 53.1 Å². The fourth-order valence-corrected chi connectivity index (χ4v) is 1.82. The molecule has 108 valence electrons. The summed E-state index contributed by atoms with van der Waals surface area (Å²) in [5.41, 5.74) is 1.36. The van der Waals surface area contributed by atoms with Crippen molar-refractivity contribution in [1.82, 2.24) is 0 Å². The topological polar surface area (TPSA) is 65.3 Å². The van der Waals surface area contributed by atoms with Crippen LogP contribution in [0, 0.1) is 23.0 Å². The average Bonchev–Trinajstić information content (AvgIpc) is 2.50. The number of benzene rings is 2. The summed E-state index contributed by atoms with van der Waals surface area (Å²) in [6.07, 6.45) is 0. The van der Waals surface area contributed by atoms with Crippen molar-refractivity contribution in [2.75, 3.05) is 12.4 Å². The first-order chi connectivity index (χ1) is 10.0. The van der Waals surface area contributed by atoms with Gasteiger partial charge in [-0.15, -0.1) is 0 Å². The summed E-state index contributed by atoms with van der Waals surface area (Å²) < 4.78 is 31.6. The van der Waals surface area contributed by atoms with Crippen molar-refractivity contribution < 1.29 is 18.6 Å². The van der Waals surface area contributed by atoms with E-state index in [4.69, 9.17) is 15.1 Å². The Morgan fingerprint density at radius 3 is 2.48 bits per heavy atom. The van der Waals surface area contributed by atoms with E-state index in [2.05, 4.69) is 5.32 Å². The van der Waals surface area contributed by atoms with Gasteiger partial charge < -0.3 is 15.2 Å². The van der Waals surface area contributed by atoms with Crippen molar-refractivity contribution in [3.63, 3.8) is 0 Å². The summed E-state index contributed by atoms with van der Waals surface area (Å²) in [5.74, 6) is -2.57. The van der Waals surface area contributed by atoms with E-state index in [0.717, 1.165) is 12.1 Å². The number of nitrogens with one attached hydrogen (secondary N) is 1. The lowest BCUT2D eigenvalue weighted by Gasteiger charge is -2.12. The smallest absolute Gasteiger partial charge is 0.187 e. The first-order valence-corrected chi connectivity index (χ1v) is 6.04. The van der Waals surface area contributed by atoms with Gasteiger partial charge in [0.15, 0.2) is 17.4 Å². The highest BCUT2D eigenvalue weighted by Gasteiger charge is 2.10. The molecule has 21 heavy (non-hydrogen) atoms. The first kappa shape index (κ1) is 14.6. The number of phenolic OH excluding ortho intramolecular Hbond substituents is 1. The third-order valence-electron chi connectivity index (χ3n) is 2.89. The van der Waals surface area contributed by atoms with Crippen LogP contribution in [-0.2, 0) is 6.54 Å². The van der Waals surface area contributed by atoms with Gasteiger partial charge in [-0.25, -0.2) is 8.78 Å².